The molecule has 0 saturated heterocycles. The van der Waals surface area contributed by atoms with Crippen LogP contribution in [-0.4, -0.2) is 32.0 Å². The summed E-state index contributed by atoms with van der Waals surface area (Å²) >= 11 is 0. The van der Waals surface area contributed by atoms with Crippen molar-refractivity contribution in [3.05, 3.63) is 72.3 Å². The van der Waals surface area contributed by atoms with Gasteiger partial charge in [0.1, 0.15) is 0 Å². The third kappa shape index (κ3) is 5.03. The first kappa shape index (κ1) is 20.5. The predicted molar refractivity (Wildman–Crippen MR) is 117 cm³/mol. The first-order chi connectivity index (χ1) is 15.0. The summed E-state index contributed by atoms with van der Waals surface area (Å²) < 4.78 is 0. The van der Waals surface area contributed by atoms with Crippen LogP contribution >= 0.6 is 0 Å². The number of H-pyrrole nitrogens is 1. The van der Waals surface area contributed by atoms with E-state index in [1.807, 2.05) is 37.3 Å². The number of nitrogens with one attached hydrogen (secondary N) is 3. The smallest absolute Gasteiger partial charge is 0.243 e. The maximum absolute atomic E-state index is 12.6. The van der Waals surface area contributed by atoms with Crippen molar-refractivity contribution in [1.29, 1.82) is 0 Å². The Morgan fingerprint density at radius 3 is 2.71 bits per heavy atom. The van der Waals surface area contributed by atoms with Crippen molar-refractivity contribution in [2.75, 3.05) is 5.32 Å². The number of pyridine rings is 2. The first-order valence-electron chi connectivity index (χ1n) is 10.2. The molecule has 3 N–H and O–H groups in total. The van der Waals surface area contributed by atoms with Crippen molar-refractivity contribution >= 4 is 17.6 Å². The molecule has 8 heteroatoms. The number of carbonyl (C=O) groups is 2. The molecular formula is C23H24N6O2. The Hall–Kier alpha value is -3.81. The summed E-state index contributed by atoms with van der Waals surface area (Å²) in [6, 6.07) is 9.41. The van der Waals surface area contributed by atoms with E-state index >= 15 is 0 Å². The van der Waals surface area contributed by atoms with Gasteiger partial charge in [-0.3, -0.25) is 24.7 Å². The Balaban J connectivity index is 1.36. The van der Waals surface area contributed by atoms with Crippen molar-refractivity contribution in [2.45, 2.75) is 38.1 Å². The number of hydrogen-bond donors (Lipinski definition) is 3. The summed E-state index contributed by atoms with van der Waals surface area (Å²) in [5.74, 6) is 0.380. The monoisotopic (exact) mass is 416 g/mol. The van der Waals surface area contributed by atoms with Crippen LogP contribution in [0.25, 0.3) is 11.3 Å². The summed E-state index contributed by atoms with van der Waals surface area (Å²) in [5, 5.41) is 12.7. The van der Waals surface area contributed by atoms with E-state index < -0.39 is 0 Å². The number of aromatic amines is 1. The van der Waals surface area contributed by atoms with Gasteiger partial charge in [0.2, 0.25) is 11.8 Å². The Kier molecular flexibility index (Phi) is 5.88. The standard InChI is InChI=1S/C23H24N6O2/c1-3-22(30)26-13-18-8-6-17(12-24-18)19-9-7-16(11-25-19)14(2)23(31)27-21-10-20(28-29-21)15-4-5-15/h3,6-12,14-15H,1,4-5,13H2,2H3,(H,26,30)(H2,27,28,29,31). The van der Waals surface area contributed by atoms with E-state index in [1.165, 1.54) is 18.9 Å². The van der Waals surface area contributed by atoms with Crippen LogP contribution in [0.4, 0.5) is 5.82 Å². The van der Waals surface area contributed by atoms with Crippen molar-refractivity contribution in [1.82, 2.24) is 25.5 Å². The minimum atomic E-state index is -0.364. The Morgan fingerprint density at radius 1 is 1.23 bits per heavy atom. The lowest BCUT2D eigenvalue weighted by molar-refractivity contribution is -0.117. The van der Waals surface area contributed by atoms with E-state index in [-0.39, 0.29) is 17.7 Å². The number of hydrogen-bond acceptors (Lipinski definition) is 5. The molecule has 1 atom stereocenters. The SMILES string of the molecule is C=CC(=O)NCc1ccc(-c2ccc(C(C)C(=O)Nc3cc(C4CC4)[nH]n3)cn2)cn1. The van der Waals surface area contributed by atoms with Crippen LogP contribution in [0.3, 0.4) is 0 Å². The molecule has 158 valence electrons. The zero-order chi connectivity index (χ0) is 21.8. The van der Waals surface area contributed by atoms with E-state index in [0.717, 1.165) is 28.2 Å². The summed E-state index contributed by atoms with van der Waals surface area (Å²) in [6.45, 7) is 5.59. The van der Waals surface area contributed by atoms with Crippen LogP contribution in [0, 0.1) is 0 Å². The fourth-order valence-electron chi connectivity index (χ4n) is 3.15. The van der Waals surface area contributed by atoms with Gasteiger partial charge in [-0.15, -0.1) is 0 Å². The average Bonchev–Trinajstić information content (AvgIpc) is 3.56. The molecule has 0 aliphatic heterocycles. The second-order valence-corrected chi connectivity index (χ2v) is 7.63. The van der Waals surface area contributed by atoms with Crippen molar-refractivity contribution in [3.63, 3.8) is 0 Å². The van der Waals surface area contributed by atoms with Gasteiger partial charge in [0.25, 0.3) is 0 Å². The molecule has 1 saturated carbocycles. The molecule has 8 nitrogen and oxygen atoms in total. The molecule has 3 aromatic heterocycles. The Bertz CT molecular complexity index is 1080. The average molecular weight is 416 g/mol. The second kappa shape index (κ2) is 8.91. The molecule has 0 aromatic carbocycles. The molecule has 3 aromatic rings. The maximum atomic E-state index is 12.6. The van der Waals surface area contributed by atoms with Crippen LogP contribution in [0.5, 0.6) is 0 Å². The zero-order valence-corrected chi connectivity index (χ0v) is 17.3. The second-order valence-electron chi connectivity index (χ2n) is 7.63. The molecule has 1 aliphatic carbocycles. The number of rotatable bonds is 8. The van der Waals surface area contributed by atoms with Crippen LogP contribution < -0.4 is 10.6 Å². The molecule has 4 rings (SSSR count). The first-order valence-corrected chi connectivity index (χ1v) is 10.2. The van der Waals surface area contributed by atoms with Gasteiger partial charge >= 0.3 is 0 Å². The highest BCUT2D eigenvalue weighted by molar-refractivity contribution is 5.94. The van der Waals surface area contributed by atoms with Crippen LogP contribution in [-0.2, 0) is 16.1 Å². The highest BCUT2D eigenvalue weighted by Gasteiger charge is 2.26. The molecule has 1 fully saturated rings. The Morgan fingerprint density at radius 2 is 2.06 bits per heavy atom. The van der Waals surface area contributed by atoms with Gasteiger partial charge in [-0.1, -0.05) is 12.6 Å². The minimum absolute atomic E-state index is 0.129. The van der Waals surface area contributed by atoms with Crippen LogP contribution in [0.2, 0.25) is 0 Å². The number of aromatic nitrogens is 4. The van der Waals surface area contributed by atoms with E-state index in [9.17, 15) is 9.59 Å². The summed E-state index contributed by atoms with van der Waals surface area (Å²) in [5.41, 5.74) is 4.25. The summed E-state index contributed by atoms with van der Waals surface area (Å²) in [6.07, 6.45) is 6.99. The lowest BCUT2D eigenvalue weighted by atomic mass is 10.0. The van der Waals surface area contributed by atoms with E-state index in [1.54, 1.807) is 12.4 Å². The highest BCUT2D eigenvalue weighted by atomic mass is 16.2. The minimum Gasteiger partial charge on any atom is -0.347 e. The fourth-order valence-corrected chi connectivity index (χ4v) is 3.15. The number of nitrogens with zero attached hydrogens (tertiary/aromatic N) is 3. The normalized spacial score (nSPS) is 14.0. The quantitative estimate of drug-likeness (QED) is 0.488. The van der Waals surface area contributed by atoms with E-state index in [0.29, 0.717) is 18.3 Å². The molecule has 31 heavy (non-hydrogen) atoms. The largest absolute Gasteiger partial charge is 0.347 e. The summed E-state index contributed by atoms with van der Waals surface area (Å²) in [4.78, 5) is 32.7. The van der Waals surface area contributed by atoms with Gasteiger partial charge in [0.15, 0.2) is 5.82 Å². The fraction of sp³-hybridized carbons (Fsp3) is 0.261. The number of carbonyl (C=O) groups excluding carboxylic acids is 2. The third-order valence-corrected chi connectivity index (χ3v) is 5.30. The molecule has 1 aliphatic rings. The number of anilines is 1. The van der Waals surface area contributed by atoms with E-state index in [4.69, 9.17) is 0 Å². The topological polar surface area (TPSA) is 113 Å². The van der Waals surface area contributed by atoms with Gasteiger partial charge in [0, 0.05) is 35.6 Å². The highest BCUT2D eigenvalue weighted by Crippen LogP contribution is 2.39. The predicted octanol–water partition coefficient (Wildman–Crippen LogP) is 3.29. The lowest BCUT2D eigenvalue weighted by Crippen LogP contribution is -2.20. The van der Waals surface area contributed by atoms with Crippen molar-refractivity contribution in [3.8, 4) is 11.3 Å². The third-order valence-electron chi connectivity index (χ3n) is 5.30. The van der Waals surface area contributed by atoms with E-state index in [2.05, 4.69) is 37.4 Å². The number of amides is 2. The van der Waals surface area contributed by atoms with Gasteiger partial charge < -0.3 is 10.6 Å². The molecule has 1 unspecified atom stereocenters. The zero-order valence-electron chi connectivity index (χ0n) is 17.3. The van der Waals surface area contributed by atoms with Crippen LogP contribution in [0.15, 0.2) is 55.4 Å². The molecular weight excluding hydrogens is 392 g/mol. The molecule has 0 bridgehead atoms. The molecule has 0 radical (unpaired) electrons. The molecule has 3 heterocycles. The van der Waals surface area contributed by atoms with Crippen molar-refractivity contribution in [2.24, 2.45) is 0 Å². The van der Waals surface area contributed by atoms with Gasteiger partial charge in [0.05, 0.1) is 23.9 Å². The van der Waals surface area contributed by atoms with Gasteiger partial charge in [-0.25, -0.2) is 0 Å². The Labute approximate surface area is 180 Å². The maximum Gasteiger partial charge on any atom is 0.243 e. The van der Waals surface area contributed by atoms with Gasteiger partial charge in [-0.2, -0.15) is 5.10 Å². The lowest BCUT2D eigenvalue weighted by Gasteiger charge is -2.11. The van der Waals surface area contributed by atoms with Crippen molar-refractivity contribution < 1.29 is 9.59 Å². The van der Waals surface area contributed by atoms with Crippen LogP contribution in [0.1, 0.15) is 48.6 Å². The molecule has 2 amide bonds. The molecule has 0 spiro atoms. The summed E-state index contributed by atoms with van der Waals surface area (Å²) in [7, 11) is 0. The van der Waals surface area contributed by atoms with Gasteiger partial charge in [-0.05, 0) is 49.6 Å².